The highest BCUT2D eigenvalue weighted by molar-refractivity contribution is 8.93. The van der Waals surface area contributed by atoms with E-state index in [1.807, 2.05) is 0 Å². The lowest BCUT2D eigenvalue weighted by Crippen LogP contribution is -2.56. The van der Waals surface area contributed by atoms with Crippen LogP contribution in [0.1, 0.15) is 38.2 Å². The molecule has 1 aromatic carbocycles. The molecule has 0 unspecified atom stereocenters. The van der Waals surface area contributed by atoms with Crippen LogP contribution in [0.2, 0.25) is 0 Å². The molecule has 2 aliphatic rings. The maximum Gasteiger partial charge on any atom is 0.119 e. The van der Waals surface area contributed by atoms with E-state index in [-0.39, 0.29) is 17.0 Å². The van der Waals surface area contributed by atoms with Gasteiger partial charge in [-0.1, -0.05) is 25.5 Å². The molecule has 0 aromatic heterocycles. The third-order valence-corrected chi connectivity index (χ3v) is 5.69. The second-order valence-corrected chi connectivity index (χ2v) is 6.37. The summed E-state index contributed by atoms with van der Waals surface area (Å²) in [5.41, 5.74) is 1.88. The number of ether oxygens (including phenoxy) is 1. The third-order valence-electron chi connectivity index (χ3n) is 5.69. The van der Waals surface area contributed by atoms with Gasteiger partial charge in [-0.3, -0.25) is 0 Å². The van der Waals surface area contributed by atoms with E-state index in [1.54, 1.807) is 7.11 Å². The molecule has 1 saturated heterocycles. The van der Waals surface area contributed by atoms with Gasteiger partial charge in [-0.25, -0.2) is 0 Å². The second kappa shape index (κ2) is 6.07. The molecule has 3 rings (SSSR count). The largest absolute Gasteiger partial charge is 0.497 e. The molecule has 112 valence electrons. The number of fused-ring (bicyclic) bond motifs is 2. The summed E-state index contributed by atoms with van der Waals surface area (Å²) in [7, 11) is 4.06. The van der Waals surface area contributed by atoms with E-state index in [2.05, 4.69) is 43.1 Å². The molecule has 2 nitrogen and oxygen atoms in total. The summed E-state index contributed by atoms with van der Waals surface area (Å²) >= 11 is 0. The maximum absolute atomic E-state index is 5.43. The van der Waals surface area contributed by atoms with Crippen molar-refractivity contribution < 1.29 is 4.74 Å². The average Bonchev–Trinajstić information content (AvgIpc) is 2.44. The van der Waals surface area contributed by atoms with Crippen molar-refractivity contribution in [1.82, 2.24) is 4.90 Å². The third kappa shape index (κ3) is 2.39. The quantitative estimate of drug-likeness (QED) is 0.806. The SMILES string of the molecule is Br.COc1cccc([C@@]23CCC[C@H]([C@H]2C)N(C)CC3)c1. The molecule has 1 heterocycles. The first-order valence-electron chi connectivity index (χ1n) is 7.52. The normalized spacial score (nSPS) is 33.4. The van der Waals surface area contributed by atoms with Gasteiger partial charge in [0, 0.05) is 11.5 Å². The zero-order valence-corrected chi connectivity index (χ0v) is 14.5. The number of halogens is 1. The first kappa shape index (κ1) is 15.8. The Balaban J connectivity index is 0.00000147. The fourth-order valence-corrected chi connectivity index (χ4v) is 4.45. The van der Waals surface area contributed by atoms with Crippen molar-refractivity contribution in [3.05, 3.63) is 29.8 Å². The Morgan fingerprint density at radius 1 is 1.30 bits per heavy atom. The Labute approximate surface area is 133 Å². The number of hydrogen-bond donors (Lipinski definition) is 0. The summed E-state index contributed by atoms with van der Waals surface area (Å²) in [4.78, 5) is 2.57. The summed E-state index contributed by atoms with van der Waals surface area (Å²) in [6.45, 7) is 3.69. The van der Waals surface area contributed by atoms with Crippen molar-refractivity contribution in [1.29, 1.82) is 0 Å². The number of piperidine rings is 1. The number of benzene rings is 1. The van der Waals surface area contributed by atoms with Crippen LogP contribution in [-0.4, -0.2) is 31.6 Å². The highest BCUT2D eigenvalue weighted by Crippen LogP contribution is 2.50. The molecule has 1 saturated carbocycles. The molecular weight excluding hydrogens is 314 g/mol. The predicted octanol–water partition coefficient (Wildman–Crippen LogP) is 4.04. The van der Waals surface area contributed by atoms with Crippen molar-refractivity contribution in [3.8, 4) is 5.75 Å². The first-order chi connectivity index (χ1) is 9.17. The second-order valence-electron chi connectivity index (χ2n) is 6.37. The topological polar surface area (TPSA) is 12.5 Å². The fourth-order valence-electron chi connectivity index (χ4n) is 4.45. The summed E-state index contributed by atoms with van der Waals surface area (Å²) < 4.78 is 5.43. The van der Waals surface area contributed by atoms with Crippen molar-refractivity contribution in [2.45, 2.75) is 44.1 Å². The molecule has 0 N–H and O–H groups in total. The monoisotopic (exact) mass is 339 g/mol. The van der Waals surface area contributed by atoms with Crippen LogP contribution in [0.3, 0.4) is 0 Å². The van der Waals surface area contributed by atoms with Crippen molar-refractivity contribution >= 4 is 17.0 Å². The van der Waals surface area contributed by atoms with E-state index in [9.17, 15) is 0 Å². The molecule has 0 spiro atoms. The zero-order chi connectivity index (χ0) is 13.5. The van der Waals surface area contributed by atoms with Gasteiger partial charge < -0.3 is 9.64 Å². The van der Waals surface area contributed by atoms with E-state index in [4.69, 9.17) is 4.74 Å². The molecule has 1 aliphatic carbocycles. The van der Waals surface area contributed by atoms with E-state index < -0.39 is 0 Å². The Bertz CT molecular complexity index is 464. The van der Waals surface area contributed by atoms with Crippen LogP contribution in [-0.2, 0) is 5.41 Å². The van der Waals surface area contributed by atoms with Crippen molar-refractivity contribution in [3.63, 3.8) is 0 Å². The smallest absolute Gasteiger partial charge is 0.119 e. The molecule has 0 radical (unpaired) electrons. The zero-order valence-electron chi connectivity index (χ0n) is 12.8. The van der Waals surface area contributed by atoms with Crippen molar-refractivity contribution in [2.75, 3.05) is 20.7 Å². The van der Waals surface area contributed by atoms with Gasteiger partial charge in [0.1, 0.15) is 5.75 Å². The van der Waals surface area contributed by atoms with Crippen LogP contribution in [0.5, 0.6) is 5.75 Å². The van der Waals surface area contributed by atoms with Gasteiger partial charge in [-0.15, -0.1) is 17.0 Å². The number of likely N-dealkylation sites (tertiary alicyclic amines) is 1. The number of hydrogen-bond acceptors (Lipinski definition) is 2. The minimum Gasteiger partial charge on any atom is -0.497 e. The molecular formula is C17H26BrNO. The summed E-state index contributed by atoms with van der Waals surface area (Å²) in [5.74, 6) is 1.74. The van der Waals surface area contributed by atoms with Gasteiger partial charge in [0.2, 0.25) is 0 Å². The van der Waals surface area contributed by atoms with Gasteiger partial charge in [0.15, 0.2) is 0 Å². The lowest BCUT2D eigenvalue weighted by atomic mass is 9.57. The van der Waals surface area contributed by atoms with Crippen LogP contribution in [0.4, 0.5) is 0 Å². The highest BCUT2D eigenvalue weighted by Gasteiger charge is 2.48. The Hall–Kier alpha value is -0.540. The highest BCUT2D eigenvalue weighted by atomic mass is 79.9. The van der Waals surface area contributed by atoms with Crippen molar-refractivity contribution in [2.24, 2.45) is 5.92 Å². The predicted molar refractivity (Wildman–Crippen MR) is 89.0 cm³/mol. The molecule has 1 aliphatic heterocycles. The first-order valence-corrected chi connectivity index (χ1v) is 7.52. The maximum atomic E-state index is 5.43. The minimum absolute atomic E-state index is 0. The standard InChI is InChI=1S/C17H25NO.BrH/c1-13-16-8-5-9-17(13,10-11-18(16)2)14-6-4-7-15(12-14)19-3;/h4,6-7,12-13,16H,5,8-11H2,1-3H3;1H/t13-,16-,17-;/m1./s1. The molecule has 1 aromatic rings. The molecule has 0 amide bonds. The number of nitrogens with zero attached hydrogens (tertiary/aromatic N) is 1. The minimum atomic E-state index is 0. The van der Waals surface area contributed by atoms with Crippen LogP contribution in [0.15, 0.2) is 24.3 Å². The van der Waals surface area contributed by atoms with Crippen LogP contribution < -0.4 is 4.74 Å². The van der Waals surface area contributed by atoms with Crippen LogP contribution >= 0.6 is 17.0 Å². The van der Waals surface area contributed by atoms with Crippen LogP contribution in [0, 0.1) is 5.92 Å². The Morgan fingerprint density at radius 2 is 2.10 bits per heavy atom. The van der Waals surface area contributed by atoms with E-state index in [0.29, 0.717) is 5.41 Å². The Morgan fingerprint density at radius 3 is 2.85 bits per heavy atom. The Kier molecular flexibility index (Phi) is 4.80. The lowest BCUT2D eigenvalue weighted by molar-refractivity contribution is 0.0126. The van der Waals surface area contributed by atoms with Crippen LogP contribution in [0.25, 0.3) is 0 Å². The van der Waals surface area contributed by atoms with Gasteiger partial charge in [0.05, 0.1) is 7.11 Å². The molecule has 2 fully saturated rings. The average molecular weight is 340 g/mol. The van der Waals surface area contributed by atoms with Gasteiger partial charge in [0.25, 0.3) is 0 Å². The van der Waals surface area contributed by atoms with E-state index in [0.717, 1.165) is 17.7 Å². The number of rotatable bonds is 2. The molecule has 3 heteroatoms. The van der Waals surface area contributed by atoms with Gasteiger partial charge in [-0.05, 0) is 56.5 Å². The molecule has 2 bridgehead atoms. The van der Waals surface area contributed by atoms with E-state index in [1.165, 1.54) is 37.8 Å². The van der Waals surface area contributed by atoms with Gasteiger partial charge >= 0.3 is 0 Å². The summed E-state index contributed by atoms with van der Waals surface area (Å²) in [5, 5.41) is 0. The summed E-state index contributed by atoms with van der Waals surface area (Å²) in [6.07, 6.45) is 5.35. The fraction of sp³-hybridized carbons (Fsp3) is 0.647. The number of methoxy groups -OCH3 is 1. The van der Waals surface area contributed by atoms with Gasteiger partial charge in [-0.2, -0.15) is 0 Å². The lowest BCUT2D eigenvalue weighted by Gasteiger charge is -2.55. The molecule has 3 atom stereocenters. The van der Waals surface area contributed by atoms with E-state index >= 15 is 0 Å². The summed E-state index contributed by atoms with van der Waals surface area (Å²) in [6, 6.07) is 9.54. The molecule has 20 heavy (non-hydrogen) atoms.